The predicted octanol–water partition coefficient (Wildman–Crippen LogP) is 5.01. The number of carboxylic acids is 1. The van der Waals surface area contributed by atoms with Crippen molar-refractivity contribution in [3.63, 3.8) is 0 Å². The van der Waals surface area contributed by atoms with E-state index < -0.39 is 11.8 Å². The quantitative estimate of drug-likeness (QED) is 0.555. The van der Waals surface area contributed by atoms with Crippen LogP contribution in [0.2, 0.25) is 0 Å². The van der Waals surface area contributed by atoms with Gasteiger partial charge in [0.15, 0.2) is 0 Å². The molecular formula is C26H30FNO5. The highest BCUT2D eigenvalue weighted by atomic mass is 19.1. The Kier molecular flexibility index (Phi) is 8.74. The standard InChI is InChI=1S/C26H30FNO5/c1-3-21(28-25(29)18-8-5-10-20(27)13-18)16-33-23-12-6-11-22(14-23)32-15-19-9-4-7-17(2)24(19)26(30)31/h3-5,7-10,13,22-23H,6,11-12,14-16H2,1-2H3,(H,28,29)(H,30,31)/b21-3+. The fourth-order valence-electron chi connectivity index (χ4n) is 4.01. The monoisotopic (exact) mass is 455 g/mol. The molecule has 1 aliphatic carbocycles. The summed E-state index contributed by atoms with van der Waals surface area (Å²) in [6, 6.07) is 10.9. The van der Waals surface area contributed by atoms with Crippen LogP contribution >= 0.6 is 0 Å². The highest BCUT2D eigenvalue weighted by molar-refractivity contribution is 5.95. The number of amides is 1. The van der Waals surface area contributed by atoms with Gasteiger partial charge in [0.1, 0.15) is 5.82 Å². The molecule has 0 aromatic heterocycles. The lowest BCUT2D eigenvalue weighted by Gasteiger charge is -2.29. The topological polar surface area (TPSA) is 84.9 Å². The van der Waals surface area contributed by atoms with Crippen LogP contribution < -0.4 is 5.32 Å². The molecule has 0 spiro atoms. The zero-order valence-electron chi connectivity index (χ0n) is 19.0. The fourth-order valence-corrected chi connectivity index (χ4v) is 4.01. The molecule has 2 N–H and O–H groups in total. The number of carbonyl (C=O) groups excluding carboxylic acids is 1. The van der Waals surface area contributed by atoms with Crippen LogP contribution in [0.15, 0.2) is 54.2 Å². The Morgan fingerprint density at radius 2 is 1.88 bits per heavy atom. The first-order valence-corrected chi connectivity index (χ1v) is 11.1. The second-order valence-corrected chi connectivity index (χ2v) is 8.23. The van der Waals surface area contributed by atoms with Crippen LogP contribution in [-0.4, -0.2) is 35.8 Å². The molecule has 176 valence electrons. The van der Waals surface area contributed by atoms with Gasteiger partial charge in [-0.1, -0.05) is 30.3 Å². The number of allylic oxidation sites excluding steroid dienone is 1. The van der Waals surface area contributed by atoms with Gasteiger partial charge in [-0.3, -0.25) is 4.79 Å². The van der Waals surface area contributed by atoms with E-state index in [0.717, 1.165) is 19.3 Å². The Bertz CT molecular complexity index is 1020. The number of halogens is 1. The lowest BCUT2D eigenvalue weighted by atomic mass is 9.94. The third-order valence-corrected chi connectivity index (χ3v) is 5.81. The normalized spacial score (nSPS) is 18.7. The molecule has 1 amide bonds. The summed E-state index contributed by atoms with van der Waals surface area (Å²) in [5.74, 6) is -1.80. The van der Waals surface area contributed by atoms with Gasteiger partial charge in [-0.2, -0.15) is 0 Å². The van der Waals surface area contributed by atoms with Crippen LogP contribution in [0, 0.1) is 12.7 Å². The second kappa shape index (κ2) is 11.7. The van der Waals surface area contributed by atoms with Crippen molar-refractivity contribution in [2.75, 3.05) is 6.61 Å². The van der Waals surface area contributed by atoms with Crippen molar-refractivity contribution in [1.29, 1.82) is 0 Å². The molecule has 1 saturated carbocycles. The molecule has 0 radical (unpaired) electrons. The summed E-state index contributed by atoms with van der Waals surface area (Å²) < 4.78 is 25.4. The summed E-state index contributed by atoms with van der Waals surface area (Å²) in [5.41, 5.74) is 2.54. The van der Waals surface area contributed by atoms with Crippen LogP contribution in [0.25, 0.3) is 0 Å². The third-order valence-electron chi connectivity index (χ3n) is 5.81. The maximum absolute atomic E-state index is 13.4. The van der Waals surface area contributed by atoms with E-state index in [1.54, 1.807) is 38.1 Å². The first kappa shape index (κ1) is 24.6. The number of aryl methyl sites for hydroxylation is 1. The van der Waals surface area contributed by atoms with Crippen LogP contribution in [0.1, 0.15) is 64.4 Å². The first-order valence-electron chi connectivity index (χ1n) is 11.1. The minimum atomic E-state index is -0.948. The largest absolute Gasteiger partial charge is 0.478 e. The van der Waals surface area contributed by atoms with E-state index in [1.807, 2.05) is 6.07 Å². The smallest absolute Gasteiger partial charge is 0.336 e. The average Bonchev–Trinajstić information content (AvgIpc) is 2.80. The molecule has 0 aliphatic heterocycles. The summed E-state index contributed by atoms with van der Waals surface area (Å²) in [6.07, 6.45) is 5.13. The highest BCUT2D eigenvalue weighted by Crippen LogP contribution is 2.26. The van der Waals surface area contributed by atoms with Crippen molar-refractivity contribution in [3.05, 3.63) is 82.3 Å². The van der Waals surface area contributed by atoms with E-state index in [0.29, 0.717) is 28.8 Å². The predicted molar refractivity (Wildman–Crippen MR) is 123 cm³/mol. The number of hydrogen-bond donors (Lipinski definition) is 2. The number of ether oxygens (including phenoxy) is 2. The Labute approximate surface area is 193 Å². The molecule has 7 heteroatoms. The Morgan fingerprint density at radius 1 is 1.15 bits per heavy atom. The van der Waals surface area contributed by atoms with Crippen molar-refractivity contribution < 1.29 is 28.6 Å². The molecular weight excluding hydrogens is 425 g/mol. The van der Waals surface area contributed by atoms with E-state index in [9.17, 15) is 19.1 Å². The molecule has 1 aliphatic rings. The van der Waals surface area contributed by atoms with Crippen molar-refractivity contribution in [3.8, 4) is 0 Å². The van der Waals surface area contributed by atoms with E-state index in [2.05, 4.69) is 5.32 Å². The first-order chi connectivity index (χ1) is 15.9. The van der Waals surface area contributed by atoms with E-state index in [1.165, 1.54) is 18.2 Å². The van der Waals surface area contributed by atoms with Gasteiger partial charge in [0.2, 0.25) is 0 Å². The van der Waals surface area contributed by atoms with Crippen molar-refractivity contribution in [2.24, 2.45) is 0 Å². The van der Waals surface area contributed by atoms with Crippen molar-refractivity contribution in [1.82, 2.24) is 5.32 Å². The minimum Gasteiger partial charge on any atom is -0.478 e. The number of rotatable bonds is 9. The van der Waals surface area contributed by atoms with Crippen LogP contribution in [0.5, 0.6) is 0 Å². The Morgan fingerprint density at radius 3 is 2.58 bits per heavy atom. The van der Waals surface area contributed by atoms with E-state index in [-0.39, 0.29) is 36.9 Å². The molecule has 0 saturated heterocycles. The fraction of sp³-hybridized carbons (Fsp3) is 0.385. The summed E-state index contributed by atoms with van der Waals surface area (Å²) >= 11 is 0. The van der Waals surface area contributed by atoms with Gasteiger partial charge in [-0.05, 0) is 68.9 Å². The maximum Gasteiger partial charge on any atom is 0.336 e. The van der Waals surface area contributed by atoms with Crippen molar-refractivity contribution >= 4 is 11.9 Å². The van der Waals surface area contributed by atoms with Crippen molar-refractivity contribution in [2.45, 2.75) is 58.3 Å². The molecule has 0 heterocycles. The molecule has 2 aromatic carbocycles. The summed E-state index contributed by atoms with van der Waals surface area (Å²) in [6.45, 7) is 4.06. The maximum atomic E-state index is 13.4. The zero-order chi connectivity index (χ0) is 23.8. The van der Waals surface area contributed by atoms with Crippen LogP contribution in [-0.2, 0) is 16.1 Å². The number of benzene rings is 2. The summed E-state index contributed by atoms with van der Waals surface area (Å²) in [4.78, 5) is 23.9. The number of carbonyl (C=O) groups is 2. The highest BCUT2D eigenvalue weighted by Gasteiger charge is 2.24. The van der Waals surface area contributed by atoms with Gasteiger partial charge in [0, 0.05) is 11.3 Å². The molecule has 33 heavy (non-hydrogen) atoms. The van der Waals surface area contributed by atoms with Gasteiger partial charge in [0.25, 0.3) is 5.91 Å². The summed E-state index contributed by atoms with van der Waals surface area (Å²) in [5, 5.41) is 12.3. The molecule has 1 fully saturated rings. The van der Waals surface area contributed by atoms with Gasteiger partial charge in [-0.25, -0.2) is 9.18 Å². The van der Waals surface area contributed by atoms with E-state index in [4.69, 9.17) is 9.47 Å². The Hall–Kier alpha value is -3.03. The van der Waals surface area contributed by atoms with Gasteiger partial charge >= 0.3 is 5.97 Å². The minimum absolute atomic E-state index is 0.0261. The average molecular weight is 456 g/mol. The molecule has 6 nitrogen and oxygen atoms in total. The molecule has 2 aromatic rings. The lowest BCUT2D eigenvalue weighted by molar-refractivity contribution is -0.0460. The molecule has 0 bridgehead atoms. The van der Waals surface area contributed by atoms with Gasteiger partial charge in [-0.15, -0.1) is 0 Å². The SMILES string of the molecule is C/C=C(\COC1CCCC(OCc2cccc(C)c2C(=O)O)C1)NC(=O)c1cccc(F)c1. The number of nitrogens with one attached hydrogen (secondary N) is 1. The summed E-state index contributed by atoms with van der Waals surface area (Å²) in [7, 11) is 0. The molecule has 2 unspecified atom stereocenters. The van der Waals surface area contributed by atoms with E-state index >= 15 is 0 Å². The molecule has 2 atom stereocenters. The lowest BCUT2D eigenvalue weighted by Crippen LogP contribution is -2.31. The van der Waals surface area contributed by atoms with Crippen LogP contribution in [0.3, 0.4) is 0 Å². The van der Waals surface area contributed by atoms with Crippen LogP contribution in [0.4, 0.5) is 4.39 Å². The Balaban J connectivity index is 1.50. The third kappa shape index (κ3) is 6.97. The van der Waals surface area contributed by atoms with Gasteiger partial charge < -0.3 is 19.9 Å². The number of hydrogen-bond acceptors (Lipinski definition) is 4. The number of carboxylic acid groups (broad SMARTS) is 1. The van der Waals surface area contributed by atoms with Gasteiger partial charge in [0.05, 0.1) is 31.0 Å². The second-order valence-electron chi connectivity index (χ2n) is 8.23. The number of aromatic carboxylic acids is 1. The molecule has 3 rings (SSSR count). The zero-order valence-corrected chi connectivity index (χ0v) is 19.0.